The molecule has 9 heavy (non-hydrogen) atoms. The number of hydrogen-bond donors (Lipinski definition) is 0. The zero-order chi connectivity index (χ0) is 6.32. The molecule has 2 heteroatoms. The van der Waals surface area contributed by atoms with Gasteiger partial charge in [-0.3, -0.25) is 0 Å². The Hall–Kier alpha value is 0.583. The molecule has 0 heterocycles. The minimum atomic E-state index is 0.477. The van der Waals surface area contributed by atoms with Gasteiger partial charge in [-0.25, -0.2) is 0 Å². The van der Waals surface area contributed by atoms with E-state index in [0.717, 1.165) is 5.92 Å². The fourth-order valence-corrected chi connectivity index (χ4v) is 4.08. The van der Waals surface area contributed by atoms with E-state index in [1.54, 1.807) is 0 Å². The van der Waals surface area contributed by atoms with Crippen LogP contribution in [0, 0.1) is 5.92 Å². The van der Waals surface area contributed by atoms with E-state index < -0.39 is 0 Å². The Kier molecular flexibility index (Phi) is 1.42. The number of halogens is 1. The van der Waals surface area contributed by atoms with Crippen molar-refractivity contribution in [2.45, 2.75) is 10.4 Å². The predicted octanol–water partition coefficient (Wildman–Crippen LogP) is 2.68. The topological polar surface area (TPSA) is 0 Å². The first-order chi connectivity index (χ1) is 4.35. The average Bonchev–Trinajstić information content (AvgIpc) is 2.46. The molecule has 2 bridgehead atoms. The summed E-state index contributed by atoms with van der Waals surface area (Å²) in [7, 11) is 0. The van der Waals surface area contributed by atoms with Crippen molar-refractivity contribution in [3.63, 3.8) is 0 Å². The summed E-state index contributed by atoms with van der Waals surface area (Å²) in [5, 5.41) is 0. The summed E-state index contributed by atoms with van der Waals surface area (Å²) in [6.45, 7) is 0. The van der Waals surface area contributed by atoms with Crippen LogP contribution in [0.2, 0.25) is 4.01 Å². The van der Waals surface area contributed by atoms with Crippen molar-refractivity contribution < 1.29 is 15.2 Å². The molecule has 0 aromatic carbocycles. The van der Waals surface area contributed by atoms with Gasteiger partial charge in [0.15, 0.2) is 0 Å². The molecule has 51 valence electrons. The van der Waals surface area contributed by atoms with Gasteiger partial charge >= 0.3 is 69.4 Å². The molecule has 0 fully saturated rings. The molecule has 0 spiro atoms. The zero-order valence-electron chi connectivity index (χ0n) is 4.81. The van der Waals surface area contributed by atoms with Gasteiger partial charge in [0.2, 0.25) is 0 Å². The number of fused-ring (bicyclic) bond motifs is 2. The van der Waals surface area contributed by atoms with Crippen LogP contribution in [0.5, 0.6) is 0 Å². The van der Waals surface area contributed by atoms with Crippen LogP contribution in [-0.2, 0) is 15.2 Å². The van der Waals surface area contributed by atoms with Gasteiger partial charge in [0.05, 0.1) is 0 Å². The van der Waals surface area contributed by atoms with Crippen molar-refractivity contribution in [2.75, 3.05) is 0 Å². The Bertz CT molecular complexity index is 169. The van der Waals surface area contributed by atoms with Gasteiger partial charge in [0, 0.05) is 0 Å². The second kappa shape index (κ2) is 2.03. The van der Waals surface area contributed by atoms with E-state index in [1.807, 2.05) is 0 Å². The van der Waals surface area contributed by atoms with Crippen LogP contribution in [0.15, 0.2) is 24.3 Å². The average molecular weight is 274 g/mol. The van der Waals surface area contributed by atoms with Crippen LogP contribution in [0.1, 0.15) is 6.42 Å². The first-order valence-corrected chi connectivity index (χ1v) is 7.53. The van der Waals surface area contributed by atoms with E-state index in [1.165, 1.54) is 6.42 Å². The molecular formula is C7H7BrRh. The molecule has 0 nitrogen and oxygen atoms in total. The second-order valence-corrected chi connectivity index (χ2v) is 5.93. The Morgan fingerprint density at radius 3 is 2.33 bits per heavy atom. The van der Waals surface area contributed by atoms with Crippen molar-refractivity contribution in [2.24, 2.45) is 5.92 Å². The molecule has 0 atom stereocenters. The summed E-state index contributed by atoms with van der Waals surface area (Å²) in [6, 6.07) is 0. The quantitative estimate of drug-likeness (QED) is 0.509. The van der Waals surface area contributed by atoms with Crippen molar-refractivity contribution in [1.29, 1.82) is 0 Å². The normalized spacial score (nSPS) is 45.2. The van der Waals surface area contributed by atoms with E-state index in [-0.39, 0.29) is 0 Å². The molecular weight excluding hydrogens is 267 g/mol. The fourth-order valence-electron chi connectivity index (χ4n) is 1.37. The van der Waals surface area contributed by atoms with Crippen molar-refractivity contribution in [3.05, 3.63) is 24.3 Å². The van der Waals surface area contributed by atoms with E-state index in [0.29, 0.717) is 19.2 Å². The van der Waals surface area contributed by atoms with Gasteiger partial charge in [0.1, 0.15) is 0 Å². The predicted molar refractivity (Wildman–Crippen MR) is 38.0 cm³/mol. The van der Waals surface area contributed by atoms with Crippen molar-refractivity contribution in [3.8, 4) is 0 Å². The van der Waals surface area contributed by atoms with Crippen LogP contribution in [0.25, 0.3) is 0 Å². The second-order valence-electron chi connectivity index (χ2n) is 2.53. The Morgan fingerprint density at radius 2 is 2.11 bits per heavy atom. The summed E-state index contributed by atoms with van der Waals surface area (Å²) in [5.74, 6) is 0.770. The summed E-state index contributed by atoms with van der Waals surface area (Å²) in [5.41, 5.74) is 0. The molecule has 2 aliphatic rings. The molecule has 0 aliphatic heterocycles. The third-order valence-electron chi connectivity index (χ3n) is 1.88. The first kappa shape index (κ1) is 6.30. The van der Waals surface area contributed by atoms with Gasteiger partial charge in [-0.1, -0.05) is 0 Å². The first-order valence-electron chi connectivity index (χ1n) is 2.97. The van der Waals surface area contributed by atoms with Crippen LogP contribution in [0.4, 0.5) is 0 Å². The SMILES string of the molecule is [Br][Rh][C]12C=CC(C=C1)C2. The monoisotopic (exact) mass is 273 g/mol. The molecule has 0 saturated heterocycles. The molecule has 0 saturated carbocycles. The number of allylic oxidation sites excluding steroid dienone is 4. The third kappa shape index (κ3) is 0.878. The standard InChI is InChI=1S/C7H7.BrH.Rh/c1-2-7-4-3-6(1)5-7;;/h1-4,6H,5H2;1H;/q;;+1/p-1. The Labute approximate surface area is 69.4 Å². The van der Waals surface area contributed by atoms with E-state index >= 15 is 0 Å². The maximum atomic E-state index is 3.59. The molecule has 0 aromatic heterocycles. The fraction of sp³-hybridized carbons (Fsp3) is 0.429. The van der Waals surface area contributed by atoms with Gasteiger partial charge in [-0.15, -0.1) is 0 Å². The molecule has 2 rings (SSSR count). The van der Waals surface area contributed by atoms with Crippen molar-refractivity contribution >= 4 is 13.6 Å². The van der Waals surface area contributed by atoms with Crippen LogP contribution in [-0.4, -0.2) is 0 Å². The molecule has 0 radical (unpaired) electrons. The van der Waals surface area contributed by atoms with Crippen LogP contribution < -0.4 is 0 Å². The summed E-state index contributed by atoms with van der Waals surface area (Å²) >= 11 is 4.11. The molecule has 2 aliphatic carbocycles. The molecule has 0 N–H and O–H groups in total. The number of rotatable bonds is 1. The summed E-state index contributed by atoms with van der Waals surface area (Å²) in [6.07, 6.45) is 10.7. The van der Waals surface area contributed by atoms with E-state index in [2.05, 4.69) is 37.9 Å². The van der Waals surface area contributed by atoms with Crippen LogP contribution in [0.3, 0.4) is 0 Å². The molecule has 0 aromatic rings. The van der Waals surface area contributed by atoms with E-state index in [9.17, 15) is 0 Å². The van der Waals surface area contributed by atoms with Crippen molar-refractivity contribution in [1.82, 2.24) is 0 Å². The number of hydrogen-bond acceptors (Lipinski definition) is 0. The van der Waals surface area contributed by atoms with Gasteiger partial charge < -0.3 is 0 Å². The third-order valence-corrected chi connectivity index (χ3v) is 6.25. The Morgan fingerprint density at radius 1 is 1.44 bits per heavy atom. The summed E-state index contributed by atoms with van der Waals surface area (Å²) < 4.78 is 0.477. The van der Waals surface area contributed by atoms with Crippen LogP contribution >= 0.6 is 13.6 Å². The Balaban J connectivity index is 2.32. The minimum absolute atomic E-state index is 0.477. The van der Waals surface area contributed by atoms with E-state index in [4.69, 9.17) is 0 Å². The maximum absolute atomic E-state index is 3.59. The molecule has 0 amide bonds. The zero-order valence-corrected chi connectivity index (χ0v) is 8.03. The van der Waals surface area contributed by atoms with Gasteiger partial charge in [-0.2, -0.15) is 0 Å². The summed E-state index contributed by atoms with van der Waals surface area (Å²) in [4.78, 5) is 0. The molecule has 0 unspecified atom stereocenters. The van der Waals surface area contributed by atoms with Gasteiger partial charge in [-0.05, 0) is 0 Å². The van der Waals surface area contributed by atoms with Gasteiger partial charge in [0.25, 0.3) is 0 Å².